The Labute approximate surface area is 56.6 Å². The topological polar surface area (TPSA) is 23.5 Å². The Morgan fingerprint density at radius 1 is 1.78 bits per heavy atom. The highest BCUT2D eigenvalue weighted by Crippen LogP contribution is 2.07. The summed E-state index contributed by atoms with van der Waals surface area (Å²) in [6.45, 7) is 1.69. The third-order valence-electron chi connectivity index (χ3n) is 1.48. The maximum atomic E-state index is 9.42. The first-order valence-corrected chi connectivity index (χ1v) is 3.19. The second-order valence-corrected chi connectivity index (χ2v) is 2.96. The Balaban J connectivity index is 2.60. The smallest absolute Gasteiger partial charge is 0.149 e. The van der Waals surface area contributed by atoms with Gasteiger partial charge in [-0.15, -0.1) is 0 Å². The summed E-state index contributed by atoms with van der Waals surface area (Å²) in [5.41, 5.74) is -0.604. The van der Waals surface area contributed by atoms with Crippen LogP contribution in [0, 0.1) is 0 Å². The van der Waals surface area contributed by atoms with Crippen molar-refractivity contribution in [2.45, 2.75) is 5.50 Å². The molecule has 0 radical (unpaired) electrons. The standard InChI is InChI=1S/C6H12BNO/c1-8-4-2-3-6(7,9)5-8/h2-3,9H,4-5,7H2,1H3. The van der Waals surface area contributed by atoms with E-state index in [1.54, 1.807) is 0 Å². The van der Waals surface area contributed by atoms with E-state index < -0.39 is 5.50 Å². The summed E-state index contributed by atoms with van der Waals surface area (Å²) < 4.78 is 0. The summed E-state index contributed by atoms with van der Waals surface area (Å²) in [4.78, 5) is 2.08. The molecule has 0 aromatic carbocycles. The third-order valence-corrected chi connectivity index (χ3v) is 1.48. The molecule has 0 spiro atoms. The summed E-state index contributed by atoms with van der Waals surface area (Å²) in [7, 11) is 3.82. The zero-order valence-corrected chi connectivity index (χ0v) is 5.96. The summed E-state index contributed by atoms with van der Waals surface area (Å²) >= 11 is 0. The maximum Gasteiger partial charge on any atom is 0.149 e. The monoisotopic (exact) mass is 125 g/mol. The van der Waals surface area contributed by atoms with Crippen molar-refractivity contribution in [1.82, 2.24) is 4.90 Å². The first kappa shape index (κ1) is 6.84. The largest absolute Gasteiger partial charge is 0.394 e. The van der Waals surface area contributed by atoms with E-state index in [1.165, 1.54) is 0 Å². The zero-order chi connectivity index (χ0) is 6.91. The second-order valence-electron chi connectivity index (χ2n) is 2.96. The number of β-amino-alcohol motifs (C(OH)–C–C–N with tert-alkyl or cyclic N) is 1. The predicted molar refractivity (Wildman–Crippen MR) is 40.1 cm³/mol. The van der Waals surface area contributed by atoms with Crippen LogP contribution in [0.2, 0.25) is 0 Å². The number of hydrogen-bond donors (Lipinski definition) is 1. The number of likely N-dealkylation sites (N-methyl/N-ethyl adjacent to an activating group) is 1. The van der Waals surface area contributed by atoms with Gasteiger partial charge in [0, 0.05) is 13.1 Å². The van der Waals surface area contributed by atoms with Gasteiger partial charge in [0.2, 0.25) is 0 Å². The summed E-state index contributed by atoms with van der Waals surface area (Å²) in [5.74, 6) is 0. The molecule has 1 unspecified atom stereocenters. The summed E-state index contributed by atoms with van der Waals surface area (Å²) in [6.07, 6.45) is 3.84. The van der Waals surface area contributed by atoms with E-state index in [9.17, 15) is 5.11 Å². The SMILES string of the molecule is BC1(O)C=CCN(C)C1. The molecule has 0 fully saturated rings. The minimum Gasteiger partial charge on any atom is -0.394 e. The van der Waals surface area contributed by atoms with E-state index in [1.807, 2.05) is 27.0 Å². The molecule has 0 saturated carbocycles. The van der Waals surface area contributed by atoms with Gasteiger partial charge < -0.3 is 10.0 Å². The molecule has 0 aromatic heterocycles. The van der Waals surface area contributed by atoms with Crippen molar-refractivity contribution in [3.63, 3.8) is 0 Å². The molecule has 0 saturated heterocycles. The molecule has 1 aliphatic rings. The van der Waals surface area contributed by atoms with E-state index in [2.05, 4.69) is 4.90 Å². The van der Waals surface area contributed by atoms with E-state index in [0.29, 0.717) is 0 Å². The van der Waals surface area contributed by atoms with Crippen molar-refractivity contribution in [3.8, 4) is 0 Å². The molecule has 0 aromatic rings. The van der Waals surface area contributed by atoms with Crippen LogP contribution in [0.1, 0.15) is 0 Å². The quantitative estimate of drug-likeness (QED) is 0.325. The fourth-order valence-corrected chi connectivity index (χ4v) is 1.15. The minimum absolute atomic E-state index is 0.604. The molecular weight excluding hydrogens is 113 g/mol. The second kappa shape index (κ2) is 2.16. The Bertz CT molecular complexity index is 133. The van der Waals surface area contributed by atoms with Gasteiger partial charge in [-0.2, -0.15) is 0 Å². The first-order chi connectivity index (χ1) is 4.10. The molecular formula is C6H12BNO. The third kappa shape index (κ3) is 1.84. The molecule has 0 amide bonds. The van der Waals surface area contributed by atoms with Crippen molar-refractivity contribution < 1.29 is 5.11 Å². The number of nitrogens with zero attached hydrogens (tertiary/aromatic N) is 1. The molecule has 1 atom stereocenters. The fourth-order valence-electron chi connectivity index (χ4n) is 1.15. The van der Waals surface area contributed by atoms with Crippen LogP contribution in [0.3, 0.4) is 0 Å². The molecule has 1 heterocycles. The summed E-state index contributed by atoms with van der Waals surface area (Å²) in [5, 5.41) is 9.42. The van der Waals surface area contributed by atoms with Gasteiger partial charge >= 0.3 is 0 Å². The van der Waals surface area contributed by atoms with Crippen LogP contribution in [-0.2, 0) is 0 Å². The van der Waals surface area contributed by atoms with Gasteiger partial charge in [-0.3, -0.25) is 0 Å². The van der Waals surface area contributed by atoms with Gasteiger partial charge in [0.1, 0.15) is 7.85 Å². The number of hydrogen-bond acceptors (Lipinski definition) is 2. The molecule has 1 aliphatic heterocycles. The van der Waals surface area contributed by atoms with Crippen LogP contribution >= 0.6 is 0 Å². The lowest BCUT2D eigenvalue weighted by Gasteiger charge is -2.29. The van der Waals surface area contributed by atoms with Crippen LogP contribution in [0.4, 0.5) is 0 Å². The van der Waals surface area contributed by atoms with Gasteiger partial charge in [-0.05, 0) is 7.05 Å². The maximum absolute atomic E-state index is 9.42. The van der Waals surface area contributed by atoms with E-state index in [0.717, 1.165) is 13.1 Å². The Morgan fingerprint density at radius 3 is 2.78 bits per heavy atom. The average Bonchev–Trinajstić information content (AvgIpc) is 1.60. The van der Waals surface area contributed by atoms with Gasteiger partial charge in [-0.1, -0.05) is 12.2 Å². The fraction of sp³-hybridized carbons (Fsp3) is 0.667. The van der Waals surface area contributed by atoms with Crippen molar-refractivity contribution in [3.05, 3.63) is 12.2 Å². The first-order valence-electron chi connectivity index (χ1n) is 3.19. The highest BCUT2D eigenvalue weighted by atomic mass is 16.3. The lowest BCUT2D eigenvalue weighted by atomic mass is 9.79. The van der Waals surface area contributed by atoms with Gasteiger partial charge in [0.05, 0.1) is 5.50 Å². The molecule has 1 rings (SSSR count). The molecule has 3 heteroatoms. The van der Waals surface area contributed by atoms with Crippen molar-refractivity contribution in [2.24, 2.45) is 0 Å². The Morgan fingerprint density at radius 2 is 2.44 bits per heavy atom. The molecule has 50 valence electrons. The highest BCUT2D eigenvalue weighted by Gasteiger charge is 2.20. The number of aliphatic hydroxyl groups is 1. The average molecular weight is 125 g/mol. The zero-order valence-electron chi connectivity index (χ0n) is 5.96. The van der Waals surface area contributed by atoms with Crippen molar-refractivity contribution in [1.29, 1.82) is 0 Å². The predicted octanol–water partition coefficient (Wildman–Crippen LogP) is -1.19. The van der Waals surface area contributed by atoms with E-state index in [4.69, 9.17) is 0 Å². The van der Waals surface area contributed by atoms with Crippen LogP contribution in [-0.4, -0.2) is 43.5 Å². The lowest BCUT2D eigenvalue weighted by molar-refractivity contribution is 0.123. The lowest BCUT2D eigenvalue weighted by Crippen LogP contribution is -2.43. The molecule has 9 heavy (non-hydrogen) atoms. The number of rotatable bonds is 0. The van der Waals surface area contributed by atoms with Crippen molar-refractivity contribution >= 4 is 7.85 Å². The van der Waals surface area contributed by atoms with Crippen LogP contribution in [0.15, 0.2) is 12.2 Å². The van der Waals surface area contributed by atoms with E-state index >= 15 is 0 Å². The van der Waals surface area contributed by atoms with Gasteiger partial charge in [-0.25, -0.2) is 0 Å². The molecule has 1 N–H and O–H groups in total. The molecule has 0 aliphatic carbocycles. The normalized spacial score (nSPS) is 37.1. The van der Waals surface area contributed by atoms with Crippen molar-refractivity contribution in [2.75, 3.05) is 20.1 Å². The van der Waals surface area contributed by atoms with Crippen LogP contribution in [0.25, 0.3) is 0 Å². The molecule has 2 nitrogen and oxygen atoms in total. The Kier molecular flexibility index (Phi) is 1.64. The van der Waals surface area contributed by atoms with Crippen LogP contribution in [0.5, 0.6) is 0 Å². The minimum atomic E-state index is -0.604. The van der Waals surface area contributed by atoms with Gasteiger partial charge in [0.25, 0.3) is 0 Å². The summed E-state index contributed by atoms with van der Waals surface area (Å²) in [6, 6.07) is 0. The van der Waals surface area contributed by atoms with Gasteiger partial charge in [0.15, 0.2) is 0 Å². The van der Waals surface area contributed by atoms with Crippen LogP contribution < -0.4 is 0 Å². The molecule has 0 bridgehead atoms. The van der Waals surface area contributed by atoms with E-state index in [-0.39, 0.29) is 0 Å². The highest BCUT2D eigenvalue weighted by molar-refractivity contribution is 6.16. The Hall–Kier alpha value is -0.275.